The average Bonchev–Trinajstić information content (AvgIpc) is 2.89. The van der Waals surface area contributed by atoms with Crippen molar-refractivity contribution in [3.8, 4) is 17.2 Å². The summed E-state index contributed by atoms with van der Waals surface area (Å²) < 4.78 is 15.7. The normalized spacial score (nSPS) is 14.1. The lowest BCUT2D eigenvalue weighted by Gasteiger charge is -2.17. The fraction of sp³-hybridized carbons (Fsp3) is 0.158. The van der Waals surface area contributed by atoms with E-state index in [1.807, 2.05) is 0 Å². The zero-order valence-electron chi connectivity index (χ0n) is 14.4. The maximum absolute atomic E-state index is 13.0. The summed E-state index contributed by atoms with van der Waals surface area (Å²) in [4.78, 5) is 26.6. The number of methoxy groups -OCH3 is 3. The van der Waals surface area contributed by atoms with Gasteiger partial charge in [-0.2, -0.15) is 0 Å². The summed E-state index contributed by atoms with van der Waals surface area (Å²) in [7, 11) is 4.46. The molecule has 6 nitrogen and oxygen atoms in total. The maximum atomic E-state index is 13.0. The molecule has 0 aliphatic carbocycles. The number of hydrogen-bond donors (Lipinski definition) is 0. The lowest BCUT2D eigenvalue weighted by molar-refractivity contribution is -0.119. The zero-order valence-corrected chi connectivity index (χ0v) is 15.2. The molecule has 0 radical (unpaired) electrons. The molecule has 2 aromatic rings. The Morgan fingerprint density at radius 3 is 2.12 bits per heavy atom. The van der Waals surface area contributed by atoms with Gasteiger partial charge in [-0.1, -0.05) is 29.8 Å². The number of benzene rings is 2. The first-order valence-corrected chi connectivity index (χ1v) is 8.05. The molecule has 1 aliphatic rings. The maximum Gasteiger partial charge on any atom is 0.277 e. The third-order valence-corrected chi connectivity index (χ3v) is 4.38. The number of carbonyl (C=O) groups excluding carboxylic acids is 2. The molecule has 1 heterocycles. The van der Waals surface area contributed by atoms with Crippen LogP contribution in [0.2, 0.25) is 0 Å². The molecular formula is C19H16ClNO5. The summed E-state index contributed by atoms with van der Waals surface area (Å²) in [6.07, 6.45) is 0. The Kier molecular flexibility index (Phi) is 4.86. The van der Waals surface area contributed by atoms with Crippen molar-refractivity contribution in [3.05, 3.63) is 53.1 Å². The molecule has 2 amide bonds. The van der Waals surface area contributed by atoms with Crippen LogP contribution in [0.1, 0.15) is 5.56 Å². The predicted octanol–water partition coefficient (Wildman–Crippen LogP) is 3.24. The topological polar surface area (TPSA) is 65.1 Å². The predicted molar refractivity (Wildman–Crippen MR) is 97.8 cm³/mol. The van der Waals surface area contributed by atoms with E-state index < -0.39 is 11.8 Å². The molecule has 0 spiro atoms. The van der Waals surface area contributed by atoms with Crippen LogP contribution in [-0.4, -0.2) is 33.1 Å². The van der Waals surface area contributed by atoms with E-state index in [0.717, 1.165) is 4.90 Å². The fourth-order valence-electron chi connectivity index (χ4n) is 2.79. The zero-order chi connectivity index (χ0) is 18.8. The van der Waals surface area contributed by atoms with Crippen molar-refractivity contribution in [2.45, 2.75) is 0 Å². The molecule has 134 valence electrons. The second-order valence-corrected chi connectivity index (χ2v) is 5.75. The van der Waals surface area contributed by atoms with Crippen LogP contribution in [0.25, 0.3) is 5.57 Å². The van der Waals surface area contributed by atoms with Crippen molar-refractivity contribution < 1.29 is 23.8 Å². The number of nitrogens with zero attached hydrogens (tertiary/aromatic N) is 1. The van der Waals surface area contributed by atoms with Crippen molar-refractivity contribution in [1.82, 2.24) is 0 Å². The van der Waals surface area contributed by atoms with Gasteiger partial charge in [0, 0.05) is 11.6 Å². The van der Waals surface area contributed by atoms with Crippen LogP contribution in [0.15, 0.2) is 47.5 Å². The van der Waals surface area contributed by atoms with Gasteiger partial charge in [-0.25, -0.2) is 4.90 Å². The number of rotatable bonds is 5. The molecule has 3 rings (SSSR count). The Morgan fingerprint density at radius 1 is 0.808 bits per heavy atom. The van der Waals surface area contributed by atoms with Crippen LogP contribution in [0.4, 0.5) is 5.69 Å². The van der Waals surface area contributed by atoms with Gasteiger partial charge in [0.25, 0.3) is 11.8 Å². The highest BCUT2D eigenvalue weighted by Crippen LogP contribution is 2.40. The quantitative estimate of drug-likeness (QED) is 0.753. The van der Waals surface area contributed by atoms with Gasteiger partial charge in [-0.05, 0) is 18.2 Å². The first-order chi connectivity index (χ1) is 12.5. The number of hydrogen-bond acceptors (Lipinski definition) is 5. The van der Waals surface area contributed by atoms with E-state index in [1.165, 1.54) is 21.3 Å². The number of ether oxygens (including phenoxy) is 3. The van der Waals surface area contributed by atoms with Gasteiger partial charge in [0.15, 0.2) is 11.5 Å². The van der Waals surface area contributed by atoms with Crippen molar-refractivity contribution in [2.75, 3.05) is 26.2 Å². The molecule has 0 saturated heterocycles. The second kappa shape index (κ2) is 7.09. The molecule has 1 aliphatic heterocycles. The summed E-state index contributed by atoms with van der Waals surface area (Å²) in [5, 5.41) is -0.158. The Labute approximate surface area is 155 Å². The summed E-state index contributed by atoms with van der Waals surface area (Å²) in [5.41, 5.74) is 0.894. The van der Waals surface area contributed by atoms with E-state index in [0.29, 0.717) is 28.5 Å². The van der Waals surface area contributed by atoms with Crippen molar-refractivity contribution in [2.24, 2.45) is 0 Å². The Bertz CT molecular complexity index is 922. The van der Waals surface area contributed by atoms with Crippen LogP contribution in [0.3, 0.4) is 0 Å². The Hall–Kier alpha value is -2.99. The molecule has 0 unspecified atom stereocenters. The molecule has 0 bridgehead atoms. The van der Waals surface area contributed by atoms with Gasteiger partial charge in [0.05, 0.1) is 32.6 Å². The highest BCUT2D eigenvalue weighted by molar-refractivity contribution is 6.60. The number of carbonyl (C=O) groups is 2. The van der Waals surface area contributed by atoms with Crippen LogP contribution in [-0.2, 0) is 9.59 Å². The van der Waals surface area contributed by atoms with Gasteiger partial charge in [0.2, 0.25) is 0 Å². The number of amides is 2. The van der Waals surface area contributed by atoms with Gasteiger partial charge in [0.1, 0.15) is 10.8 Å². The smallest absolute Gasteiger partial charge is 0.277 e. The van der Waals surface area contributed by atoms with E-state index in [-0.39, 0.29) is 10.6 Å². The number of imide groups is 1. The Morgan fingerprint density at radius 2 is 1.46 bits per heavy atom. The molecule has 0 fully saturated rings. The van der Waals surface area contributed by atoms with Gasteiger partial charge in [-0.3, -0.25) is 9.59 Å². The minimum absolute atomic E-state index is 0.101. The standard InChI is InChI=1S/C19H16ClNO5/c1-24-13-7-5-4-6-12(13)16-17(20)19(23)21(18(16)22)11-8-9-14(25-2)15(10-11)26-3/h4-10H,1-3H3. The fourth-order valence-corrected chi connectivity index (χ4v) is 3.05. The SMILES string of the molecule is COc1ccc(N2C(=O)C(Cl)=C(c3ccccc3OC)C2=O)cc1OC. The number of halogens is 1. The minimum Gasteiger partial charge on any atom is -0.496 e. The highest BCUT2D eigenvalue weighted by Gasteiger charge is 2.40. The molecule has 0 aromatic heterocycles. The van der Waals surface area contributed by atoms with Crippen LogP contribution < -0.4 is 19.1 Å². The lowest BCUT2D eigenvalue weighted by atomic mass is 10.0. The van der Waals surface area contributed by atoms with Gasteiger partial charge < -0.3 is 14.2 Å². The summed E-state index contributed by atoms with van der Waals surface area (Å²) in [6.45, 7) is 0. The number of anilines is 1. The van der Waals surface area contributed by atoms with Crippen LogP contribution in [0, 0.1) is 0 Å². The molecule has 2 aromatic carbocycles. The molecule has 26 heavy (non-hydrogen) atoms. The first-order valence-electron chi connectivity index (χ1n) is 7.67. The summed E-state index contributed by atoms with van der Waals surface area (Å²) in [5.74, 6) is 0.198. The van der Waals surface area contributed by atoms with Gasteiger partial charge in [-0.15, -0.1) is 0 Å². The van der Waals surface area contributed by atoms with E-state index in [2.05, 4.69) is 0 Å². The van der Waals surface area contributed by atoms with Crippen molar-refractivity contribution >= 4 is 34.7 Å². The first kappa shape index (κ1) is 17.8. The highest BCUT2D eigenvalue weighted by atomic mass is 35.5. The monoisotopic (exact) mass is 373 g/mol. The second-order valence-electron chi connectivity index (χ2n) is 5.37. The van der Waals surface area contributed by atoms with E-state index >= 15 is 0 Å². The summed E-state index contributed by atoms with van der Waals surface area (Å²) in [6, 6.07) is 11.6. The lowest BCUT2D eigenvalue weighted by Crippen LogP contribution is -2.31. The average molecular weight is 374 g/mol. The van der Waals surface area contributed by atoms with Gasteiger partial charge >= 0.3 is 0 Å². The minimum atomic E-state index is -0.607. The van der Waals surface area contributed by atoms with E-state index in [4.69, 9.17) is 25.8 Å². The number of para-hydroxylation sites is 1. The largest absolute Gasteiger partial charge is 0.496 e. The molecule has 7 heteroatoms. The summed E-state index contributed by atoms with van der Waals surface area (Å²) >= 11 is 6.22. The van der Waals surface area contributed by atoms with E-state index in [9.17, 15) is 9.59 Å². The third-order valence-electron chi connectivity index (χ3n) is 4.03. The van der Waals surface area contributed by atoms with Crippen LogP contribution in [0.5, 0.6) is 17.2 Å². The molecule has 0 N–H and O–H groups in total. The third kappa shape index (κ3) is 2.78. The molecule has 0 atom stereocenters. The Balaban J connectivity index is 2.07. The molecular weight excluding hydrogens is 358 g/mol. The van der Waals surface area contributed by atoms with Crippen molar-refractivity contribution in [3.63, 3.8) is 0 Å². The van der Waals surface area contributed by atoms with E-state index in [1.54, 1.807) is 42.5 Å². The molecule has 0 saturated carbocycles. The van der Waals surface area contributed by atoms with Crippen LogP contribution >= 0.6 is 11.6 Å². The van der Waals surface area contributed by atoms with Crippen molar-refractivity contribution in [1.29, 1.82) is 0 Å².